The fourth-order valence-corrected chi connectivity index (χ4v) is 1.85. The first-order valence-corrected chi connectivity index (χ1v) is 4.56. The van der Waals surface area contributed by atoms with Crippen molar-refractivity contribution in [3.63, 3.8) is 0 Å². The highest BCUT2D eigenvalue weighted by atomic mass is 16.4. The lowest BCUT2D eigenvalue weighted by molar-refractivity contribution is -0.153. The second-order valence-corrected chi connectivity index (χ2v) is 4.25. The number of carboxylic acids is 2. The van der Waals surface area contributed by atoms with Gasteiger partial charge in [0.2, 0.25) is 0 Å². The lowest BCUT2D eigenvalue weighted by atomic mass is 9.81. The molecule has 1 rings (SSSR count). The molecular formula is C9H15NO4. The van der Waals surface area contributed by atoms with Crippen molar-refractivity contribution in [1.29, 1.82) is 0 Å². The number of piperidine rings is 1. The van der Waals surface area contributed by atoms with E-state index in [1.165, 1.54) is 13.8 Å². The highest BCUT2D eigenvalue weighted by Gasteiger charge is 2.47. The Labute approximate surface area is 82.1 Å². The van der Waals surface area contributed by atoms with Crippen LogP contribution in [0.15, 0.2) is 0 Å². The summed E-state index contributed by atoms with van der Waals surface area (Å²) in [6, 6.07) is 0. The third-order valence-corrected chi connectivity index (χ3v) is 2.85. The standard InChI is InChI=1S/C9H15NO4/c1-8(6(11)12)4-3-5-9(2,10-8)7(13)14/h10H,3-5H2,1-2H3,(H,11,12)(H,13,14). The Balaban J connectivity index is 2.89. The molecule has 0 saturated carbocycles. The summed E-state index contributed by atoms with van der Waals surface area (Å²) in [5.41, 5.74) is -2.24. The molecule has 0 bridgehead atoms. The minimum atomic E-state index is -1.12. The first kappa shape index (κ1) is 11.0. The van der Waals surface area contributed by atoms with Gasteiger partial charge in [0.15, 0.2) is 0 Å². The van der Waals surface area contributed by atoms with Gasteiger partial charge in [-0.1, -0.05) is 0 Å². The summed E-state index contributed by atoms with van der Waals surface area (Å²) >= 11 is 0. The first-order chi connectivity index (χ1) is 6.30. The summed E-state index contributed by atoms with van der Waals surface area (Å²) in [7, 11) is 0. The lowest BCUT2D eigenvalue weighted by Gasteiger charge is -2.41. The smallest absolute Gasteiger partial charge is 0.323 e. The molecule has 80 valence electrons. The van der Waals surface area contributed by atoms with Gasteiger partial charge in [-0.2, -0.15) is 0 Å². The molecule has 1 aliphatic rings. The quantitative estimate of drug-likeness (QED) is 0.603. The van der Waals surface area contributed by atoms with Gasteiger partial charge in [0.25, 0.3) is 0 Å². The molecule has 1 aliphatic heterocycles. The maximum atomic E-state index is 10.9. The van der Waals surface area contributed by atoms with Crippen LogP contribution in [0.25, 0.3) is 0 Å². The van der Waals surface area contributed by atoms with E-state index < -0.39 is 23.0 Å². The van der Waals surface area contributed by atoms with Crippen LogP contribution in [-0.4, -0.2) is 33.2 Å². The number of hydrogen-bond acceptors (Lipinski definition) is 3. The number of nitrogens with one attached hydrogen (secondary N) is 1. The van der Waals surface area contributed by atoms with E-state index in [0.717, 1.165) is 0 Å². The molecule has 0 radical (unpaired) electrons. The van der Waals surface area contributed by atoms with Crippen LogP contribution in [0.2, 0.25) is 0 Å². The van der Waals surface area contributed by atoms with Crippen molar-refractivity contribution >= 4 is 11.9 Å². The fourth-order valence-electron chi connectivity index (χ4n) is 1.85. The van der Waals surface area contributed by atoms with E-state index in [1.54, 1.807) is 0 Å². The van der Waals surface area contributed by atoms with E-state index >= 15 is 0 Å². The second-order valence-electron chi connectivity index (χ2n) is 4.25. The Morgan fingerprint density at radius 2 is 1.43 bits per heavy atom. The normalized spacial score (nSPS) is 37.9. The Bertz CT molecular complexity index is 252. The van der Waals surface area contributed by atoms with Gasteiger partial charge in [-0.05, 0) is 33.1 Å². The Morgan fingerprint density at radius 3 is 1.71 bits per heavy atom. The number of carboxylic acid groups (broad SMARTS) is 2. The largest absolute Gasteiger partial charge is 0.480 e. The molecule has 14 heavy (non-hydrogen) atoms. The van der Waals surface area contributed by atoms with E-state index in [4.69, 9.17) is 10.2 Å². The second kappa shape index (κ2) is 3.24. The molecule has 5 nitrogen and oxygen atoms in total. The molecule has 0 aromatic heterocycles. The summed E-state index contributed by atoms with van der Waals surface area (Å²) < 4.78 is 0. The van der Waals surface area contributed by atoms with E-state index in [0.29, 0.717) is 19.3 Å². The zero-order chi connectivity index (χ0) is 11.0. The minimum Gasteiger partial charge on any atom is -0.480 e. The van der Waals surface area contributed by atoms with Crippen LogP contribution in [0.1, 0.15) is 33.1 Å². The summed E-state index contributed by atoms with van der Waals surface area (Å²) in [5, 5.41) is 20.6. The van der Waals surface area contributed by atoms with Crippen LogP contribution in [0.3, 0.4) is 0 Å². The fraction of sp³-hybridized carbons (Fsp3) is 0.778. The number of rotatable bonds is 2. The SMILES string of the molecule is CC1(C(=O)O)CCCC(C)(C(=O)O)N1. The van der Waals surface area contributed by atoms with E-state index in [9.17, 15) is 9.59 Å². The van der Waals surface area contributed by atoms with Gasteiger partial charge in [-0.15, -0.1) is 0 Å². The predicted molar refractivity (Wildman–Crippen MR) is 49.1 cm³/mol. The zero-order valence-corrected chi connectivity index (χ0v) is 8.33. The van der Waals surface area contributed by atoms with Crippen LogP contribution in [0, 0.1) is 0 Å². The van der Waals surface area contributed by atoms with Crippen molar-refractivity contribution < 1.29 is 19.8 Å². The van der Waals surface area contributed by atoms with Gasteiger partial charge in [-0.25, -0.2) is 0 Å². The zero-order valence-electron chi connectivity index (χ0n) is 8.33. The van der Waals surface area contributed by atoms with Crippen LogP contribution >= 0.6 is 0 Å². The first-order valence-electron chi connectivity index (χ1n) is 4.56. The summed E-state index contributed by atoms with van der Waals surface area (Å²) in [6.07, 6.45) is 1.54. The third-order valence-electron chi connectivity index (χ3n) is 2.85. The predicted octanol–water partition coefficient (Wildman–Crippen LogP) is 0.446. The number of aliphatic carboxylic acids is 2. The molecule has 5 heteroatoms. The third kappa shape index (κ3) is 1.72. The van der Waals surface area contributed by atoms with Gasteiger partial charge >= 0.3 is 11.9 Å². The maximum absolute atomic E-state index is 10.9. The molecule has 0 spiro atoms. The van der Waals surface area contributed by atoms with Crippen molar-refractivity contribution in [1.82, 2.24) is 5.32 Å². The number of hydrogen-bond donors (Lipinski definition) is 3. The molecule has 0 amide bonds. The molecular weight excluding hydrogens is 186 g/mol. The van der Waals surface area contributed by atoms with Gasteiger partial charge in [-0.3, -0.25) is 14.9 Å². The number of carbonyl (C=O) groups is 2. The van der Waals surface area contributed by atoms with Crippen molar-refractivity contribution in [2.24, 2.45) is 0 Å². The van der Waals surface area contributed by atoms with Crippen LogP contribution < -0.4 is 5.32 Å². The molecule has 2 unspecified atom stereocenters. The minimum absolute atomic E-state index is 0.463. The Kier molecular flexibility index (Phi) is 2.54. The van der Waals surface area contributed by atoms with Crippen molar-refractivity contribution in [3.05, 3.63) is 0 Å². The molecule has 2 atom stereocenters. The maximum Gasteiger partial charge on any atom is 0.323 e. The summed E-state index contributed by atoms with van der Waals surface area (Å²) in [5.74, 6) is -1.99. The Morgan fingerprint density at radius 1 is 1.07 bits per heavy atom. The van der Waals surface area contributed by atoms with Crippen molar-refractivity contribution in [2.45, 2.75) is 44.2 Å². The van der Waals surface area contributed by atoms with Gasteiger partial charge in [0.05, 0.1) is 0 Å². The van der Waals surface area contributed by atoms with Crippen molar-refractivity contribution in [3.8, 4) is 0 Å². The van der Waals surface area contributed by atoms with Crippen LogP contribution in [0.4, 0.5) is 0 Å². The van der Waals surface area contributed by atoms with Gasteiger partial charge in [0, 0.05) is 0 Å². The van der Waals surface area contributed by atoms with Crippen molar-refractivity contribution in [2.75, 3.05) is 0 Å². The highest BCUT2D eigenvalue weighted by molar-refractivity contribution is 5.83. The average Bonchev–Trinajstić information content (AvgIpc) is 2.03. The molecule has 0 aromatic rings. The lowest BCUT2D eigenvalue weighted by Crippen LogP contribution is -2.65. The van der Waals surface area contributed by atoms with Crippen LogP contribution in [0.5, 0.6) is 0 Å². The monoisotopic (exact) mass is 201 g/mol. The molecule has 1 heterocycles. The topological polar surface area (TPSA) is 86.6 Å². The molecule has 1 fully saturated rings. The Hall–Kier alpha value is -1.10. The molecule has 0 aliphatic carbocycles. The van der Waals surface area contributed by atoms with Gasteiger partial charge in [0.1, 0.15) is 11.1 Å². The van der Waals surface area contributed by atoms with E-state index in [1.807, 2.05) is 0 Å². The molecule has 1 saturated heterocycles. The molecule has 0 aromatic carbocycles. The van der Waals surface area contributed by atoms with E-state index in [2.05, 4.69) is 5.32 Å². The summed E-state index contributed by atoms with van der Waals surface area (Å²) in [6.45, 7) is 3.05. The average molecular weight is 201 g/mol. The van der Waals surface area contributed by atoms with Gasteiger partial charge < -0.3 is 10.2 Å². The highest BCUT2D eigenvalue weighted by Crippen LogP contribution is 2.29. The van der Waals surface area contributed by atoms with Crippen LogP contribution in [-0.2, 0) is 9.59 Å². The van der Waals surface area contributed by atoms with E-state index in [-0.39, 0.29) is 0 Å². The summed E-state index contributed by atoms with van der Waals surface area (Å²) in [4.78, 5) is 21.9. The molecule has 3 N–H and O–H groups in total.